The van der Waals surface area contributed by atoms with Crippen molar-refractivity contribution in [3.8, 4) is 11.5 Å². The number of benzene rings is 2. The molecular formula is C20H23NO3. The fourth-order valence-electron chi connectivity index (χ4n) is 3.22. The predicted octanol–water partition coefficient (Wildman–Crippen LogP) is 3.17. The molecule has 2 aromatic carbocycles. The van der Waals surface area contributed by atoms with E-state index < -0.39 is 0 Å². The zero-order chi connectivity index (χ0) is 17.1. The number of amides is 1. The van der Waals surface area contributed by atoms with Crippen LogP contribution in [0.4, 0.5) is 0 Å². The van der Waals surface area contributed by atoms with Gasteiger partial charge in [0.2, 0.25) is 5.91 Å². The summed E-state index contributed by atoms with van der Waals surface area (Å²) < 4.78 is 5.10. The average molecular weight is 325 g/mol. The second-order valence-corrected chi connectivity index (χ2v) is 6.31. The third-order valence-electron chi connectivity index (χ3n) is 4.71. The van der Waals surface area contributed by atoms with Crippen LogP contribution < -0.4 is 10.1 Å². The first-order valence-corrected chi connectivity index (χ1v) is 8.30. The van der Waals surface area contributed by atoms with Crippen LogP contribution in [0, 0.1) is 12.8 Å². The molecule has 1 aliphatic carbocycles. The molecule has 2 atom stereocenters. The van der Waals surface area contributed by atoms with Gasteiger partial charge in [0.05, 0.1) is 7.11 Å². The number of phenols is 1. The van der Waals surface area contributed by atoms with Crippen LogP contribution in [-0.4, -0.2) is 24.7 Å². The minimum absolute atomic E-state index is 0.0741. The molecule has 1 saturated carbocycles. The van der Waals surface area contributed by atoms with Crippen LogP contribution >= 0.6 is 0 Å². The number of hydrogen-bond donors (Lipinski definition) is 2. The lowest BCUT2D eigenvalue weighted by Gasteiger charge is -2.10. The van der Waals surface area contributed by atoms with Gasteiger partial charge >= 0.3 is 0 Å². The third-order valence-corrected chi connectivity index (χ3v) is 4.71. The normalized spacial score (nSPS) is 18.9. The number of methoxy groups -OCH3 is 1. The second-order valence-electron chi connectivity index (χ2n) is 6.31. The zero-order valence-corrected chi connectivity index (χ0v) is 14.1. The number of carbonyl (C=O) groups excluding carboxylic acids is 1. The highest BCUT2D eigenvalue weighted by Crippen LogP contribution is 2.48. The summed E-state index contributed by atoms with van der Waals surface area (Å²) >= 11 is 0. The Balaban J connectivity index is 1.52. The quantitative estimate of drug-likeness (QED) is 0.857. The molecule has 1 fully saturated rings. The minimum atomic E-state index is 0.0741. The van der Waals surface area contributed by atoms with E-state index in [4.69, 9.17) is 4.74 Å². The topological polar surface area (TPSA) is 58.6 Å². The van der Waals surface area contributed by atoms with Crippen molar-refractivity contribution >= 4 is 5.91 Å². The van der Waals surface area contributed by atoms with Crippen molar-refractivity contribution < 1.29 is 14.6 Å². The molecule has 0 spiro atoms. The number of nitrogens with one attached hydrogen (secondary N) is 1. The highest BCUT2D eigenvalue weighted by Gasteiger charge is 2.44. The molecule has 0 bridgehead atoms. The molecule has 126 valence electrons. The smallest absolute Gasteiger partial charge is 0.223 e. The Morgan fingerprint density at radius 1 is 1.25 bits per heavy atom. The number of ether oxygens (including phenoxy) is 1. The van der Waals surface area contributed by atoms with Gasteiger partial charge in [0.1, 0.15) is 0 Å². The summed E-state index contributed by atoms with van der Waals surface area (Å²) in [5, 5.41) is 13.0. The Morgan fingerprint density at radius 2 is 2.04 bits per heavy atom. The van der Waals surface area contributed by atoms with Crippen LogP contribution in [0.2, 0.25) is 0 Å². The molecular weight excluding hydrogens is 302 g/mol. The van der Waals surface area contributed by atoms with Crippen LogP contribution in [-0.2, 0) is 11.2 Å². The number of hydrogen-bond acceptors (Lipinski definition) is 3. The largest absolute Gasteiger partial charge is 0.504 e. The Labute approximate surface area is 142 Å². The van der Waals surface area contributed by atoms with E-state index in [-0.39, 0.29) is 17.6 Å². The van der Waals surface area contributed by atoms with Crippen LogP contribution in [0.1, 0.15) is 29.0 Å². The van der Waals surface area contributed by atoms with E-state index in [1.807, 2.05) is 24.3 Å². The van der Waals surface area contributed by atoms with Gasteiger partial charge in [0.15, 0.2) is 11.5 Å². The molecule has 0 unspecified atom stereocenters. The monoisotopic (exact) mass is 325 g/mol. The van der Waals surface area contributed by atoms with Crippen LogP contribution in [0.15, 0.2) is 42.5 Å². The highest BCUT2D eigenvalue weighted by atomic mass is 16.5. The number of rotatable bonds is 6. The molecule has 4 heteroatoms. The van der Waals surface area contributed by atoms with Gasteiger partial charge in [-0.15, -0.1) is 0 Å². The average Bonchev–Trinajstić information content (AvgIpc) is 3.37. The molecule has 2 aromatic rings. The van der Waals surface area contributed by atoms with E-state index in [2.05, 4.69) is 24.4 Å². The van der Waals surface area contributed by atoms with E-state index in [0.29, 0.717) is 24.6 Å². The van der Waals surface area contributed by atoms with E-state index in [1.165, 1.54) is 18.2 Å². The predicted molar refractivity (Wildman–Crippen MR) is 93.4 cm³/mol. The van der Waals surface area contributed by atoms with Crippen LogP contribution in [0.25, 0.3) is 0 Å². The van der Waals surface area contributed by atoms with Crippen LogP contribution in [0.3, 0.4) is 0 Å². The van der Waals surface area contributed by atoms with Gasteiger partial charge in [-0.05, 0) is 48.4 Å². The number of aromatic hydroxyl groups is 1. The lowest BCUT2D eigenvalue weighted by Crippen LogP contribution is -2.27. The third kappa shape index (κ3) is 3.37. The first kappa shape index (κ1) is 16.4. The van der Waals surface area contributed by atoms with Gasteiger partial charge in [-0.25, -0.2) is 0 Å². The number of para-hydroxylation sites is 1. The molecule has 0 aromatic heterocycles. The molecule has 1 aliphatic rings. The Kier molecular flexibility index (Phi) is 4.74. The second kappa shape index (κ2) is 6.95. The summed E-state index contributed by atoms with van der Waals surface area (Å²) in [6, 6.07) is 13.7. The number of aryl methyl sites for hydroxylation is 1. The minimum Gasteiger partial charge on any atom is -0.504 e. The molecule has 1 amide bonds. The standard InChI is InChI=1S/C20H23NO3/c1-13-6-3-4-8-15(13)16-12-17(16)20(23)21-11-10-14-7-5-9-18(24-2)19(14)22/h3-9,16-17,22H,10-12H2,1-2H3,(H,21,23)/t16-,17+/m1/s1. The van der Waals surface area contributed by atoms with Crippen molar-refractivity contribution in [2.75, 3.05) is 13.7 Å². The summed E-state index contributed by atoms with van der Waals surface area (Å²) in [4.78, 5) is 12.3. The van der Waals surface area contributed by atoms with Crippen LogP contribution in [0.5, 0.6) is 11.5 Å². The van der Waals surface area contributed by atoms with E-state index in [0.717, 1.165) is 12.0 Å². The van der Waals surface area contributed by atoms with Gasteiger partial charge in [-0.1, -0.05) is 36.4 Å². The maximum Gasteiger partial charge on any atom is 0.223 e. The summed E-state index contributed by atoms with van der Waals surface area (Å²) in [6.45, 7) is 2.60. The van der Waals surface area contributed by atoms with Crippen molar-refractivity contribution in [1.82, 2.24) is 5.32 Å². The maximum absolute atomic E-state index is 12.3. The molecule has 0 heterocycles. The molecule has 0 radical (unpaired) electrons. The molecule has 3 rings (SSSR count). The van der Waals surface area contributed by atoms with Crippen molar-refractivity contribution in [3.05, 3.63) is 59.2 Å². The Bertz CT molecular complexity index is 741. The van der Waals surface area contributed by atoms with Gasteiger partial charge < -0.3 is 15.2 Å². The summed E-state index contributed by atoms with van der Waals surface area (Å²) in [5.41, 5.74) is 3.31. The molecule has 0 aliphatic heterocycles. The highest BCUT2D eigenvalue weighted by molar-refractivity contribution is 5.83. The first-order chi connectivity index (χ1) is 11.6. The fraction of sp³-hybridized carbons (Fsp3) is 0.350. The Morgan fingerprint density at radius 3 is 2.79 bits per heavy atom. The molecule has 0 saturated heterocycles. The summed E-state index contributed by atoms with van der Waals surface area (Å²) in [5.74, 6) is 1.13. The maximum atomic E-state index is 12.3. The SMILES string of the molecule is COc1cccc(CCNC(=O)[C@H]2C[C@@H]2c2ccccc2C)c1O. The van der Waals surface area contributed by atoms with Gasteiger partial charge in [0.25, 0.3) is 0 Å². The van der Waals surface area contributed by atoms with Crippen molar-refractivity contribution in [3.63, 3.8) is 0 Å². The lowest BCUT2D eigenvalue weighted by atomic mass is 10.0. The number of carbonyl (C=O) groups is 1. The fourth-order valence-corrected chi connectivity index (χ4v) is 3.22. The van der Waals surface area contributed by atoms with E-state index in [1.54, 1.807) is 6.07 Å². The summed E-state index contributed by atoms with van der Waals surface area (Å²) in [7, 11) is 1.53. The van der Waals surface area contributed by atoms with E-state index in [9.17, 15) is 9.90 Å². The first-order valence-electron chi connectivity index (χ1n) is 8.30. The summed E-state index contributed by atoms with van der Waals surface area (Å²) in [6.07, 6.45) is 1.50. The van der Waals surface area contributed by atoms with E-state index >= 15 is 0 Å². The lowest BCUT2D eigenvalue weighted by molar-refractivity contribution is -0.122. The van der Waals surface area contributed by atoms with Crippen molar-refractivity contribution in [2.45, 2.75) is 25.7 Å². The van der Waals surface area contributed by atoms with Gasteiger partial charge in [0, 0.05) is 12.5 Å². The molecule has 2 N–H and O–H groups in total. The molecule has 4 nitrogen and oxygen atoms in total. The van der Waals surface area contributed by atoms with Gasteiger partial charge in [-0.3, -0.25) is 4.79 Å². The van der Waals surface area contributed by atoms with Gasteiger partial charge in [-0.2, -0.15) is 0 Å². The van der Waals surface area contributed by atoms with Crippen molar-refractivity contribution in [2.24, 2.45) is 5.92 Å². The number of phenolic OH excluding ortho intramolecular Hbond substituents is 1. The zero-order valence-electron chi connectivity index (χ0n) is 14.1. The molecule has 24 heavy (non-hydrogen) atoms. The Hall–Kier alpha value is -2.49. The van der Waals surface area contributed by atoms with Crippen molar-refractivity contribution in [1.29, 1.82) is 0 Å².